The molecule has 1 aromatic carbocycles. The summed E-state index contributed by atoms with van der Waals surface area (Å²) in [5, 5.41) is 6.87. The Morgan fingerprint density at radius 2 is 1.97 bits per heavy atom. The zero-order chi connectivity index (χ0) is 24.3. The van der Waals surface area contributed by atoms with E-state index >= 15 is 0 Å². The van der Waals surface area contributed by atoms with Crippen molar-refractivity contribution >= 4 is 40.7 Å². The Balaban J connectivity index is 1.50. The number of aromatic nitrogens is 2. The zero-order valence-electron chi connectivity index (χ0n) is 19.1. The highest BCUT2D eigenvalue weighted by Crippen LogP contribution is 2.41. The van der Waals surface area contributed by atoms with Crippen molar-refractivity contribution in [1.29, 1.82) is 0 Å². The third-order valence-electron chi connectivity index (χ3n) is 6.79. The van der Waals surface area contributed by atoms with Gasteiger partial charge in [-0.25, -0.2) is 4.98 Å². The first-order valence-corrected chi connectivity index (χ1v) is 12.5. The van der Waals surface area contributed by atoms with Crippen molar-refractivity contribution in [2.45, 2.75) is 57.0 Å². The van der Waals surface area contributed by atoms with Crippen molar-refractivity contribution in [3.8, 4) is 0 Å². The van der Waals surface area contributed by atoms with E-state index in [1.165, 1.54) is 0 Å². The number of rotatable bonds is 5. The molecule has 0 spiro atoms. The molecule has 1 aliphatic heterocycles. The largest absolute Gasteiger partial charge is 0.433 e. The number of nitrogens with one attached hydrogen (secondary N) is 2. The predicted octanol–water partition coefficient (Wildman–Crippen LogP) is 6.18. The third kappa shape index (κ3) is 5.92. The van der Waals surface area contributed by atoms with E-state index in [0.29, 0.717) is 30.6 Å². The van der Waals surface area contributed by atoms with Gasteiger partial charge in [-0.2, -0.15) is 18.2 Å². The number of piperidine rings is 1. The SMILES string of the molecule is CC1CCCN(c2cc(C(F)(F)F)nc(NC(=S)NCC3(c4cccc(Cl)c4)CCCC3)n2)C1. The second kappa shape index (κ2) is 10.2. The molecule has 2 heterocycles. The molecule has 0 amide bonds. The van der Waals surface area contributed by atoms with E-state index in [2.05, 4.69) is 33.6 Å². The summed E-state index contributed by atoms with van der Waals surface area (Å²) >= 11 is 11.7. The quantitative estimate of drug-likeness (QED) is 0.467. The van der Waals surface area contributed by atoms with Crippen LogP contribution in [0.15, 0.2) is 30.3 Å². The summed E-state index contributed by atoms with van der Waals surface area (Å²) in [6.07, 6.45) is 1.57. The average molecular weight is 512 g/mol. The topological polar surface area (TPSA) is 53.1 Å². The van der Waals surface area contributed by atoms with Crippen LogP contribution < -0.4 is 15.5 Å². The van der Waals surface area contributed by atoms with Crippen molar-refractivity contribution in [2.24, 2.45) is 5.92 Å². The zero-order valence-corrected chi connectivity index (χ0v) is 20.7. The predicted molar refractivity (Wildman–Crippen MR) is 133 cm³/mol. The number of nitrogens with zero attached hydrogens (tertiary/aromatic N) is 3. The fourth-order valence-electron chi connectivity index (χ4n) is 5.03. The lowest BCUT2D eigenvalue weighted by Gasteiger charge is -2.32. The Morgan fingerprint density at radius 1 is 1.21 bits per heavy atom. The van der Waals surface area contributed by atoms with Crippen LogP contribution in [0.3, 0.4) is 0 Å². The van der Waals surface area contributed by atoms with Gasteiger partial charge in [0.25, 0.3) is 0 Å². The first-order chi connectivity index (χ1) is 16.1. The molecule has 10 heteroatoms. The Labute approximate surface area is 208 Å². The molecule has 184 valence electrons. The van der Waals surface area contributed by atoms with Gasteiger partial charge in [0.2, 0.25) is 5.95 Å². The molecule has 34 heavy (non-hydrogen) atoms. The number of hydrogen-bond donors (Lipinski definition) is 2. The van der Waals surface area contributed by atoms with Crippen LogP contribution in [0, 0.1) is 5.92 Å². The van der Waals surface area contributed by atoms with Crippen LogP contribution in [0.2, 0.25) is 5.02 Å². The Bertz CT molecular complexity index is 1030. The molecule has 2 N–H and O–H groups in total. The first-order valence-electron chi connectivity index (χ1n) is 11.7. The number of anilines is 2. The Hall–Kier alpha value is -2.13. The summed E-state index contributed by atoms with van der Waals surface area (Å²) in [7, 11) is 0. The van der Waals surface area contributed by atoms with Gasteiger partial charge in [0.1, 0.15) is 5.82 Å². The standard InChI is InChI=1S/C24H29ClF3N5S/c1-16-6-5-11-33(14-16)20-13-19(24(26,27)28)30-21(31-20)32-22(34)29-15-23(9-2-3-10-23)17-7-4-8-18(25)12-17/h4,7-8,12-13,16H,2-3,5-6,9-11,14-15H2,1H3,(H2,29,30,31,32,34). The molecule has 4 rings (SSSR count). The van der Waals surface area contributed by atoms with E-state index in [9.17, 15) is 13.2 Å². The van der Waals surface area contributed by atoms with Crippen molar-refractivity contribution in [1.82, 2.24) is 15.3 Å². The van der Waals surface area contributed by atoms with Crippen molar-refractivity contribution < 1.29 is 13.2 Å². The van der Waals surface area contributed by atoms with Gasteiger partial charge in [-0.1, -0.05) is 43.5 Å². The van der Waals surface area contributed by atoms with Crippen molar-refractivity contribution in [3.05, 3.63) is 46.6 Å². The van der Waals surface area contributed by atoms with Gasteiger partial charge in [-0.15, -0.1) is 0 Å². The molecule has 1 aromatic heterocycles. The molecule has 0 radical (unpaired) electrons. The van der Waals surface area contributed by atoms with Crippen molar-refractivity contribution in [3.63, 3.8) is 0 Å². The number of benzene rings is 1. The highest BCUT2D eigenvalue weighted by atomic mass is 35.5. The minimum Gasteiger partial charge on any atom is -0.361 e. The van der Waals surface area contributed by atoms with Crippen LogP contribution in [-0.2, 0) is 11.6 Å². The molecule has 1 atom stereocenters. The van der Waals surface area contributed by atoms with E-state index in [1.54, 1.807) is 0 Å². The summed E-state index contributed by atoms with van der Waals surface area (Å²) in [5.74, 6) is 0.514. The van der Waals surface area contributed by atoms with Crippen LogP contribution in [0.5, 0.6) is 0 Å². The monoisotopic (exact) mass is 511 g/mol. The van der Waals surface area contributed by atoms with Gasteiger partial charge in [0.15, 0.2) is 10.8 Å². The van der Waals surface area contributed by atoms with E-state index in [0.717, 1.165) is 50.2 Å². The fourth-order valence-corrected chi connectivity index (χ4v) is 5.38. The first kappa shape index (κ1) is 25.0. The molecule has 2 aromatic rings. The smallest absolute Gasteiger partial charge is 0.361 e. The lowest BCUT2D eigenvalue weighted by atomic mass is 9.79. The second-order valence-electron chi connectivity index (χ2n) is 9.43. The van der Waals surface area contributed by atoms with Gasteiger partial charge in [0.05, 0.1) is 0 Å². The summed E-state index contributed by atoms with van der Waals surface area (Å²) in [5.41, 5.74) is 0.0392. The minimum absolute atomic E-state index is 0.125. The normalized spacial score (nSPS) is 20.3. The molecule has 1 saturated carbocycles. The number of hydrogen-bond acceptors (Lipinski definition) is 4. The summed E-state index contributed by atoms with van der Waals surface area (Å²) in [6, 6.07) is 8.85. The average Bonchev–Trinajstić information content (AvgIpc) is 3.27. The van der Waals surface area contributed by atoms with E-state index < -0.39 is 11.9 Å². The van der Waals surface area contributed by atoms with Crippen molar-refractivity contribution in [2.75, 3.05) is 29.9 Å². The van der Waals surface area contributed by atoms with Crippen LogP contribution >= 0.6 is 23.8 Å². The van der Waals surface area contributed by atoms with Gasteiger partial charge in [-0.3, -0.25) is 0 Å². The van der Waals surface area contributed by atoms with Crippen LogP contribution in [0.1, 0.15) is 56.7 Å². The highest BCUT2D eigenvalue weighted by Gasteiger charge is 2.37. The van der Waals surface area contributed by atoms with E-state index in [1.807, 2.05) is 23.1 Å². The molecule has 1 saturated heterocycles. The molecular weight excluding hydrogens is 483 g/mol. The lowest BCUT2D eigenvalue weighted by Crippen LogP contribution is -2.41. The molecule has 1 aliphatic carbocycles. The molecular formula is C24H29ClF3N5S. The maximum Gasteiger partial charge on any atom is 0.433 e. The van der Waals surface area contributed by atoms with Gasteiger partial charge in [-0.05, 0) is 61.5 Å². The Kier molecular flexibility index (Phi) is 7.52. The number of halogens is 4. The molecule has 5 nitrogen and oxygen atoms in total. The van der Waals surface area contributed by atoms with Gasteiger partial charge >= 0.3 is 6.18 Å². The molecule has 2 aliphatic rings. The lowest BCUT2D eigenvalue weighted by molar-refractivity contribution is -0.141. The van der Waals surface area contributed by atoms with Crippen LogP contribution in [-0.4, -0.2) is 34.7 Å². The van der Waals surface area contributed by atoms with Crippen LogP contribution in [0.4, 0.5) is 24.9 Å². The summed E-state index contributed by atoms with van der Waals surface area (Å²) in [4.78, 5) is 9.97. The van der Waals surface area contributed by atoms with Gasteiger partial charge < -0.3 is 15.5 Å². The summed E-state index contributed by atoms with van der Waals surface area (Å²) in [6.45, 7) is 3.98. The van der Waals surface area contributed by atoms with E-state index in [4.69, 9.17) is 23.8 Å². The maximum absolute atomic E-state index is 13.6. The summed E-state index contributed by atoms with van der Waals surface area (Å²) < 4.78 is 40.7. The molecule has 2 fully saturated rings. The fraction of sp³-hybridized carbons (Fsp3) is 0.542. The Morgan fingerprint density at radius 3 is 2.65 bits per heavy atom. The second-order valence-corrected chi connectivity index (χ2v) is 10.3. The highest BCUT2D eigenvalue weighted by molar-refractivity contribution is 7.80. The number of alkyl halides is 3. The molecule has 0 bridgehead atoms. The third-order valence-corrected chi connectivity index (χ3v) is 7.28. The molecule has 1 unspecified atom stereocenters. The van der Waals surface area contributed by atoms with Gasteiger partial charge in [0, 0.05) is 36.1 Å². The van der Waals surface area contributed by atoms with E-state index in [-0.39, 0.29) is 22.3 Å². The number of thiocarbonyl (C=S) groups is 1. The van der Waals surface area contributed by atoms with Crippen LogP contribution in [0.25, 0.3) is 0 Å². The minimum atomic E-state index is -4.58. The maximum atomic E-state index is 13.6.